The molecular formula is C40H38F2N8O2. The minimum absolute atomic E-state index is 0.0166. The lowest BCUT2D eigenvalue weighted by Crippen LogP contribution is -2.51. The van der Waals surface area contributed by atoms with Crippen LogP contribution in [0.2, 0.25) is 0 Å². The van der Waals surface area contributed by atoms with E-state index in [1.807, 2.05) is 11.8 Å². The third-order valence-electron chi connectivity index (χ3n) is 11.3. The Kier molecular flexibility index (Phi) is 9.02. The highest BCUT2D eigenvalue weighted by Gasteiger charge is 2.45. The van der Waals surface area contributed by atoms with Crippen molar-refractivity contribution in [1.82, 2.24) is 24.8 Å². The average Bonchev–Trinajstić information content (AvgIpc) is 3.69. The molecule has 0 spiro atoms. The number of nitriles is 2. The van der Waals surface area contributed by atoms with E-state index in [0.717, 1.165) is 38.8 Å². The number of rotatable bonds is 7. The molecule has 2 unspecified atom stereocenters. The maximum atomic E-state index is 17.2. The van der Waals surface area contributed by atoms with E-state index in [2.05, 4.69) is 39.5 Å². The van der Waals surface area contributed by atoms with Crippen molar-refractivity contribution < 1.29 is 18.3 Å². The first-order valence-corrected chi connectivity index (χ1v) is 17.5. The van der Waals surface area contributed by atoms with E-state index in [9.17, 15) is 15.3 Å². The molecule has 5 heterocycles. The molecule has 3 aliphatic rings. The van der Waals surface area contributed by atoms with Gasteiger partial charge in [-0.25, -0.2) is 8.78 Å². The summed E-state index contributed by atoms with van der Waals surface area (Å²) in [5, 5.41) is 21.1. The van der Waals surface area contributed by atoms with Crippen molar-refractivity contribution in [2.75, 3.05) is 44.7 Å². The van der Waals surface area contributed by atoms with E-state index in [1.54, 1.807) is 13.1 Å². The van der Waals surface area contributed by atoms with Gasteiger partial charge in [0.1, 0.15) is 29.5 Å². The summed E-state index contributed by atoms with van der Waals surface area (Å²) in [4.78, 5) is 32.8. The van der Waals surface area contributed by atoms with Crippen LogP contribution in [0.3, 0.4) is 0 Å². The fourth-order valence-corrected chi connectivity index (χ4v) is 8.48. The predicted molar refractivity (Wildman–Crippen MR) is 193 cm³/mol. The van der Waals surface area contributed by atoms with E-state index in [-0.39, 0.29) is 62.7 Å². The first-order valence-electron chi connectivity index (χ1n) is 17.5. The van der Waals surface area contributed by atoms with Gasteiger partial charge in [0.25, 0.3) is 0 Å². The number of benzene rings is 2. The molecule has 2 atom stereocenters. The van der Waals surface area contributed by atoms with Crippen LogP contribution in [-0.4, -0.2) is 82.1 Å². The highest BCUT2D eigenvalue weighted by Crippen LogP contribution is 2.42. The summed E-state index contributed by atoms with van der Waals surface area (Å²) in [6.45, 7) is 8.48. The molecule has 12 heteroatoms. The van der Waals surface area contributed by atoms with Crippen LogP contribution in [-0.2, 0) is 4.79 Å². The highest BCUT2D eigenvalue weighted by atomic mass is 19.1. The number of halogens is 2. The number of ether oxygens (including phenoxy) is 1. The summed E-state index contributed by atoms with van der Waals surface area (Å²) in [7, 11) is 1.65. The van der Waals surface area contributed by atoms with Crippen LogP contribution in [0.4, 0.5) is 14.6 Å². The molecule has 1 amide bonds. The van der Waals surface area contributed by atoms with Gasteiger partial charge in [-0.05, 0) is 88.2 Å². The number of pyridine rings is 1. The molecule has 3 saturated heterocycles. The summed E-state index contributed by atoms with van der Waals surface area (Å²) < 4.78 is 38.6. The van der Waals surface area contributed by atoms with Gasteiger partial charge >= 0.3 is 6.01 Å². The van der Waals surface area contributed by atoms with E-state index in [4.69, 9.17) is 16.1 Å². The Labute approximate surface area is 301 Å². The molecule has 2 aromatic carbocycles. The molecule has 10 nitrogen and oxygen atoms in total. The Morgan fingerprint density at radius 1 is 1.15 bits per heavy atom. The number of likely N-dealkylation sites (N-methyl/N-ethyl adjacent to an activating group) is 1. The molecule has 0 aliphatic carbocycles. The molecule has 0 radical (unpaired) electrons. The smallest absolute Gasteiger partial charge is 0.319 e. The number of anilines is 1. The SMILES string of the molecule is C#Cc1c(F)ccc2cc(C#N)cc(-c3ncc4c(N5CCCC(C)(C#N)C(N(C)C(=O)C=C)C5)nc(OCC56CCCN5CCC6)nc4c3F)c12. The number of nitrogens with zero attached hydrogens (tertiary/aromatic N) is 8. The molecular weight excluding hydrogens is 662 g/mol. The lowest BCUT2D eigenvalue weighted by Gasteiger charge is -2.38. The molecule has 7 rings (SSSR count). The van der Waals surface area contributed by atoms with Crippen molar-refractivity contribution in [2.24, 2.45) is 5.41 Å². The second-order valence-electron chi connectivity index (χ2n) is 14.3. The second-order valence-corrected chi connectivity index (χ2v) is 14.3. The van der Waals surface area contributed by atoms with Crippen LogP contribution in [0, 0.1) is 52.1 Å². The molecule has 52 heavy (non-hydrogen) atoms. The normalized spacial score (nSPS) is 21.2. The third kappa shape index (κ3) is 5.76. The number of aromatic nitrogens is 3. The summed E-state index contributed by atoms with van der Waals surface area (Å²) in [5.74, 6) is 0.937. The number of terminal acetylenes is 1. The van der Waals surface area contributed by atoms with Crippen molar-refractivity contribution in [3.05, 3.63) is 65.9 Å². The number of carbonyl (C=O) groups is 1. The zero-order valence-corrected chi connectivity index (χ0v) is 29.3. The Balaban J connectivity index is 1.41. The number of carbonyl (C=O) groups excluding carboxylic acids is 1. The molecule has 4 aromatic rings. The number of fused-ring (bicyclic) bond motifs is 3. The van der Waals surface area contributed by atoms with Gasteiger partial charge in [-0.2, -0.15) is 20.5 Å². The van der Waals surface area contributed by atoms with Gasteiger partial charge in [-0.3, -0.25) is 14.7 Å². The minimum atomic E-state index is -0.884. The average molecular weight is 701 g/mol. The zero-order chi connectivity index (χ0) is 36.8. The standard InChI is InChI=1S/C40H38F2N8O2/c1-5-27-30(41)11-10-26-18-25(20-43)19-28(33(26)27)35-34(42)36-29(21-45-35)37(47-38(46-36)52-24-40-13-8-16-50(40)17-9-14-40)49-15-7-12-39(3,23-44)31(22-49)48(4)32(51)6-2/h1,6,10-11,18-19,21,31H,2,7-9,12-17,22,24H2,3-4H3. The Morgan fingerprint density at radius 2 is 1.90 bits per heavy atom. The van der Waals surface area contributed by atoms with Gasteiger partial charge in [-0.1, -0.05) is 18.6 Å². The fraction of sp³-hybridized carbons (Fsp3) is 0.400. The summed E-state index contributed by atoms with van der Waals surface area (Å²) in [6.07, 6.45) is 13.6. The summed E-state index contributed by atoms with van der Waals surface area (Å²) >= 11 is 0. The lowest BCUT2D eigenvalue weighted by molar-refractivity contribution is -0.128. The van der Waals surface area contributed by atoms with E-state index in [0.29, 0.717) is 37.2 Å². The number of hydrogen-bond acceptors (Lipinski definition) is 9. The van der Waals surface area contributed by atoms with Gasteiger partial charge in [0.15, 0.2) is 5.82 Å². The van der Waals surface area contributed by atoms with E-state index < -0.39 is 23.1 Å². The maximum absolute atomic E-state index is 17.2. The van der Waals surface area contributed by atoms with Crippen LogP contribution in [0.15, 0.2) is 43.1 Å². The lowest BCUT2D eigenvalue weighted by atomic mass is 9.79. The Bertz CT molecular complexity index is 2250. The van der Waals surface area contributed by atoms with Crippen molar-refractivity contribution in [1.29, 1.82) is 10.5 Å². The quantitative estimate of drug-likeness (QED) is 0.166. The van der Waals surface area contributed by atoms with Crippen molar-refractivity contribution in [3.63, 3.8) is 0 Å². The zero-order valence-electron chi connectivity index (χ0n) is 29.3. The molecule has 0 saturated carbocycles. The topological polar surface area (TPSA) is 122 Å². The summed E-state index contributed by atoms with van der Waals surface area (Å²) in [5.41, 5.74) is -0.960. The van der Waals surface area contributed by atoms with E-state index >= 15 is 8.78 Å². The van der Waals surface area contributed by atoms with Gasteiger partial charge in [0, 0.05) is 37.3 Å². The van der Waals surface area contributed by atoms with Crippen molar-refractivity contribution >= 4 is 33.4 Å². The molecule has 264 valence electrons. The van der Waals surface area contributed by atoms with Crippen LogP contribution >= 0.6 is 0 Å². The molecule has 2 aromatic heterocycles. The predicted octanol–water partition coefficient (Wildman–Crippen LogP) is 6.13. The number of hydrogen-bond donors (Lipinski definition) is 0. The minimum Gasteiger partial charge on any atom is -0.461 e. The largest absolute Gasteiger partial charge is 0.461 e. The summed E-state index contributed by atoms with van der Waals surface area (Å²) in [6, 6.07) is 9.69. The van der Waals surface area contributed by atoms with Crippen LogP contribution in [0.25, 0.3) is 32.9 Å². The molecule has 3 fully saturated rings. The first-order chi connectivity index (χ1) is 25.1. The first kappa shape index (κ1) is 34.8. The maximum Gasteiger partial charge on any atom is 0.319 e. The molecule has 0 bridgehead atoms. The van der Waals surface area contributed by atoms with Gasteiger partial charge in [-0.15, -0.1) is 6.42 Å². The van der Waals surface area contributed by atoms with Crippen LogP contribution < -0.4 is 9.64 Å². The highest BCUT2D eigenvalue weighted by molar-refractivity contribution is 6.03. The molecule has 3 aliphatic heterocycles. The second kappa shape index (κ2) is 13.5. The fourth-order valence-electron chi connectivity index (χ4n) is 8.48. The van der Waals surface area contributed by atoms with Gasteiger partial charge in [0.05, 0.1) is 45.6 Å². The monoisotopic (exact) mass is 700 g/mol. The number of amides is 1. The molecule has 0 N–H and O–H groups in total. The van der Waals surface area contributed by atoms with E-state index in [1.165, 1.54) is 35.4 Å². The Morgan fingerprint density at radius 3 is 2.60 bits per heavy atom. The van der Waals surface area contributed by atoms with Crippen LogP contribution in [0.5, 0.6) is 6.01 Å². The van der Waals surface area contributed by atoms with Gasteiger partial charge < -0.3 is 14.5 Å². The van der Waals surface area contributed by atoms with Crippen LogP contribution in [0.1, 0.15) is 56.6 Å². The van der Waals surface area contributed by atoms with Crippen molar-refractivity contribution in [2.45, 2.75) is 57.0 Å². The third-order valence-corrected chi connectivity index (χ3v) is 11.3. The van der Waals surface area contributed by atoms with Crippen molar-refractivity contribution in [3.8, 4) is 41.8 Å². The Hall–Kier alpha value is -5.64. The van der Waals surface area contributed by atoms with Gasteiger partial charge in [0.2, 0.25) is 5.91 Å².